The lowest BCUT2D eigenvalue weighted by molar-refractivity contribution is -0.163. The topological polar surface area (TPSA) is 70.1 Å². The Kier molecular flexibility index (Phi) is 5.75. The summed E-state index contributed by atoms with van der Waals surface area (Å²) in [4.78, 5) is 24.7. The van der Waals surface area contributed by atoms with Gasteiger partial charge in [0.25, 0.3) is 0 Å². The highest BCUT2D eigenvalue weighted by Gasteiger charge is 2.37. The summed E-state index contributed by atoms with van der Waals surface area (Å²) >= 11 is 0. The molecule has 0 aromatic carbocycles. The van der Waals surface area contributed by atoms with Crippen molar-refractivity contribution in [3.05, 3.63) is 0 Å². The number of nitrogens with zero attached hydrogens (tertiary/aromatic N) is 2. The Balaban J connectivity index is 2.72. The molecule has 1 atom stereocenters. The van der Waals surface area contributed by atoms with Gasteiger partial charge in [-0.2, -0.15) is 13.2 Å². The standard InChI is InChI=1S/C11H17F3N2O4/c1-8(10(19)15-2-4-20-5-3-15)16(6-9(17)18)7-11(12,13)14/h8H,2-7H2,1H3,(H,17,18). The molecule has 1 aliphatic heterocycles. The number of carbonyl (C=O) groups excluding carboxylic acids is 1. The third-order valence-corrected chi connectivity index (χ3v) is 2.95. The van der Waals surface area contributed by atoms with Crippen LogP contribution in [0.1, 0.15) is 6.92 Å². The molecule has 1 N–H and O–H groups in total. The van der Waals surface area contributed by atoms with Crippen molar-refractivity contribution >= 4 is 11.9 Å². The molecule has 0 aliphatic carbocycles. The third kappa shape index (κ3) is 5.33. The number of ether oxygens (including phenoxy) is 1. The predicted molar refractivity (Wildman–Crippen MR) is 62.1 cm³/mol. The highest BCUT2D eigenvalue weighted by molar-refractivity contribution is 5.82. The van der Waals surface area contributed by atoms with Crippen LogP contribution < -0.4 is 0 Å². The van der Waals surface area contributed by atoms with Crippen LogP contribution in [0, 0.1) is 0 Å². The van der Waals surface area contributed by atoms with Crippen molar-refractivity contribution in [2.75, 3.05) is 39.4 Å². The molecule has 1 amide bonds. The summed E-state index contributed by atoms with van der Waals surface area (Å²) in [5, 5.41) is 8.67. The van der Waals surface area contributed by atoms with Crippen LogP contribution >= 0.6 is 0 Å². The Morgan fingerprint density at radius 3 is 2.35 bits per heavy atom. The molecule has 0 spiro atoms. The van der Waals surface area contributed by atoms with E-state index in [1.54, 1.807) is 0 Å². The number of hydrogen-bond donors (Lipinski definition) is 1. The number of carboxylic acids is 1. The van der Waals surface area contributed by atoms with E-state index in [0.717, 1.165) is 0 Å². The SMILES string of the molecule is CC(C(=O)N1CCOCC1)N(CC(=O)O)CC(F)(F)F. The third-order valence-electron chi connectivity index (χ3n) is 2.95. The quantitative estimate of drug-likeness (QED) is 0.784. The fraction of sp³-hybridized carbons (Fsp3) is 0.818. The first-order valence-electron chi connectivity index (χ1n) is 6.10. The van der Waals surface area contributed by atoms with E-state index in [0.29, 0.717) is 31.2 Å². The molecule has 0 aromatic heterocycles. The van der Waals surface area contributed by atoms with E-state index in [2.05, 4.69) is 0 Å². The van der Waals surface area contributed by atoms with Crippen LogP contribution in [-0.4, -0.2) is 78.4 Å². The fourth-order valence-electron chi connectivity index (χ4n) is 1.94. The van der Waals surface area contributed by atoms with Gasteiger partial charge in [0.2, 0.25) is 5.91 Å². The van der Waals surface area contributed by atoms with Crippen molar-refractivity contribution in [2.24, 2.45) is 0 Å². The van der Waals surface area contributed by atoms with Crippen LogP contribution in [0.4, 0.5) is 13.2 Å². The summed E-state index contributed by atoms with van der Waals surface area (Å²) in [7, 11) is 0. The Hall–Kier alpha value is -1.35. The van der Waals surface area contributed by atoms with E-state index in [1.807, 2.05) is 0 Å². The number of halogens is 3. The minimum absolute atomic E-state index is 0.302. The average molecular weight is 298 g/mol. The van der Waals surface area contributed by atoms with Gasteiger partial charge in [-0.05, 0) is 6.92 Å². The van der Waals surface area contributed by atoms with Gasteiger partial charge < -0.3 is 14.7 Å². The first-order chi connectivity index (χ1) is 9.20. The first kappa shape index (κ1) is 16.7. The maximum Gasteiger partial charge on any atom is 0.401 e. The molecule has 0 aromatic rings. The highest BCUT2D eigenvalue weighted by Crippen LogP contribution is 2.18. The Morgan fingerprint density at radius 2 is 1.90 bits per heavy atom. The molecule has 6 nitrogen and oxygen atoms in total. The van der Waals surface area contributed by atoms with Gasteiger partial charge in [-0.15, -0.1) is 0 Å². The van der Waals surface area contributed by atoms with Crippen molar-refractivity contribution < 1.29 is 32.6 Å². The van der Waals surface area contributed by atoms with Crippen molar-refractivity contribution in [2.45, 2.75) is 19.1 Å². The molecular weight excluding hydrogens is 281 g/mol. The van der Waals surface area contributed by atoms with Gasteiger partial charge in [0, 0.05) is 13.1 Å². The number of carboxylic acid groups (broad SMARTS) is 1. The lowest BCUT2D eigenvalue weighted by Gasteiger charge is -2.34. The predicted octanol–water partition coefficient (Wildman–Crippen LogP) is 0.183. The summed E-state index contributed by atoms with van der Waals surface area (Å²) < 4.78 is 42.4. The number of amides is 1. The minimum Gasteiger partial charge on any atom is -0.480 e. The van der Waals surface area contributed by atoms with Crippen molar-refractivity contribution in [1.82, 2.24) is 9.80 Å². The van der Waals surface area contributed by atoms with E-state index in [9.17, 15) is 22.8 Å². The molecule has 1 aliphatic rings. The zero-order valence-corrected chi connectivity index (χ0v) is 11.0. The van der Waals surface area contributed by atoms with E-state index < -0.39 is 37.2 Å². The number of alkyl halides is 3. The molecule has 1 fully saturated rings. The highest BCUT2D eigenvalue weighted by atomic mass is 19.4. The van der Waals surface area contributed by atoms with E-state index in [4.69, 9.17) is 9.84 Å². The summed E-state index contributed by atoms with van der Waals surface area (Å²) in [5.74, 6) is -1.92. The van der Waals surface area contributed by atoms with Gasteiger partial charge in [-0.1, -0.05) is 0 Å². The van der Waals surface area contributed by atoms with Gasteiger partial charge in [0.15, 0.2) is 0 Å². The van der Waals surface area contributed by atoms with Crippen LogP contribution in [0.3, 0.4) is 0 Å². The Bertz CT molecular complexity index is 356. The van der Waals surface area contributed by atoms with E-state index in [1.165, 1.54) is 11.8 Å². The molecule has 116 valence electrons. The molecule has 9 heteroatoms. The molecule has 1 rings (SSSR count). The summed E-state index contributed by atoms with van der Waals surface area (Å²) in [5.41, 5.74) is 0. The molecule has 0 saturated carbocycles. The largest absolute Gasteiger partial charge is 0.480 e. The van der Waals surface area contributed by atoms with Gasteiger partial charge in [0.1, 0.15) is 0 Å². The second kappa shape index (κ2) is 6.89. The Morgan fingerprint density at radius 1 is 1.35 bits per heavy atom. The van der Waals surface area contributed by atoms with Crippen LogP contribution in [0.5, 0.6) is 0 Å². The lowest BCUT2D eigenvalue weighted by atomic mass is 10.2. The van der Waals surface area contributed by atoms with Gasteiger partial charge >= 0.3 is 12.1 Å². The van der Waals surface area contributed by atoms with Gasteiger partial charge in [0.05, 0.1) is 32.3 Å². The van der Waals surface area contributed by atoms with E-state index in [-0.39, 0.29) is 0 Å². The number of aliphatic carboxylic acids is 1. The molecule has 1 heterocycles. The number of hydrogen-bond acceptors (Lipinski definition) is 4. The summed E-state index contributed by atoms with van der Waals surface area (Å²) in [6, 6.07) is -1.15. The lowest BCUT2D eigenvalue weighted by Crippen LogP contribution is -2.53. The maximum absolute atomic E-state index is 12.4. The fourth-order valence-corrected chi connectivity index (χ4v) is 1.94. The molecule has 0 radical (unpaired) electrons. The van der Waals surface area contributed by atoms with Crippen LogP contribution in [0.15, 0.2) is 0 Å². The summed E-state index contributed by atoms with van der Waals surface area (Å²) in [6.07, 6.45) is -4.56. The second-order valence-corrected chi connectivity index (χ2v) is 4.53. The summed E-state index contributed by atoms with van der Waals surface area (Å²) in [6.45, 7) is 0.277. The smallest absolute Gasteiger partial charge is 0.401 e. The zero-order valence-electron chi connectivity index (χ0n) is 11.0. The minimum atomic E-state index is -4.56. The number of morpholine rings is 1. The molecule has 0 bridgehead atoms. The molecule has 1 unspecified atom stereocenters. The first-order valence-corrected chi connectivity index (χ1v) is 6.10. The van der Waals surface area contributed by atoms with Crippen LogP contribution in [0.2, 0.25) is 0 Å². The van der Waals surface area contributed by atoms with Crippen LogP contribution in [-0.2, 0) is 14.3 Å². The van der Waals surface area contributed by atoms with Crippen molar-refractivity contribution in [3.63, 3.8) is 0 Å². The molecule has 1 saturated heterocycles. The van der Waals surface area contributed by atoms with Gasteiger partial charge in [-0.3, -0.25) is 14.5 Å². The van der Waals surface area contributed by atoms with E-state index >= 15 is 0 Å². The normalized spacial score (nSPS) is 18.1. The van der Waals surface area contributed by atoms with Crippen molar-refractivity contribution in [1.29, 1.82) is 0 Å². The van der Waals surface area contributed by atoms with Crippen LogP contribution in [0.25, 0.3) is 0 Å². The average Bonchev–Trinajstić information content (AvgIpc) is 2.35. The molecular formula is C11H17F3N2O4. The monoisotopic (exact) mass is 298 g/mol. The van der Waals surface area contributed by atoms with Crippen molar-refractivity contribution in [3.8, 4) is 0 Å². The second-order valence-electron chi connectivity index (χ2n) is 4.53. The van der Waals surface area contributed by atoms with Gasteiger partial charge in [-0.25, -0.2) is 0 Å². The Labute approximate surface area is 114 Å². The molecule has 20 heavy (non-hydrogen) atoms. The number of carbonyl (C=O) groups is 2. The zero-order chi connectivity index (χ0) is 15.3. The number of rotatable bonds is 5. The maximum atomic E-state index is 12.4.